The maximum atomic E-state index is 3.46. The van der Waals surface area contributed by atoms with Gasteiger partial charge in [-0.25, -0.2) is 0 Å². The molecule has 3 unspecified atom stereocenters. The van der Waals surface area contributed by atoms with E-state index in [2.05, 4.69) is 31.0 Å². The van der Waals surface area contributed by atoms with E-state index in [1.807, 2.05) is 0 Å². The van der Waals surface area contributed by atoms with E-state index >= 15 is 0 Å². The van der Waals surface area contributed by atoms with Crippen molar-refractivity contribution in [1.82, 2.24) is 10.2 Å². The quantitative estimate of drug-likeness (QED) is 0.827. The molecular weight excluding hydrogens is 220 g/mol. The summed E-state index contributed by atoms with van der Waals surface area (Å²) < 4.78 is 0. The first kappa shape index (κ1) is 14.3. The summed E-state index contributed by atoms with van der Waals surface area (Å²) in [6.45, 7) is 12.4. The molecule has 0 aromatic rings. The third-order valence-corrected chi connectivity index (χ3v) is 5.24. The van der Waals surface area contributed by atoms with E-state index in [-0.39, 0.29) is 0 Å². The highest BCUT2D eigenvalue weighted by molar-refractivity contribution is 4.82. The Morgan fingerprint density at radius 2 is 1.83 bits per heavy atom. The molecule has 0 aromatic heterocycles. The van der Waals surface area contributed by atoms with Crippen molar-refractivity contribution in [3.63, 3.8) is 0 Å². The van der Waals surface area contributed by atoms with Crippen LogP contribution in [0.4, 0.5) is 0 Å². The van der Waals surface area contributed by atoms with Gasteiger partial charge >= 0.3 is 0 Å². The van der Waals surface area contributed by atoms with E-state index < -0.39 is 0 Å². The molecule has 0 bridgehead atoms. The molecule has 0 saturated carbocycles. The summed E-state index contributed by atoms with van der Waals surface area (Å²) in [6.07, 6.45) is 7.10. The van der Waals surface area contributed by atoms with Gasteiger partial charge in [-0.05, 0) is 76.4 Å². The summed E-state index contributed by atoms with van der Waals surface area (Å²) in [7, 11) is 0. The highest BCUT2D eigenvalue weighted by Crippen LogP contribution is 2.27. The highest BCUT2D eigenvalue weighted by atomic mass is 15.2. The average molecular weight is 252 g/mol. The van der Waals surface area contributed by atoms with Crippen molar-refractivity contribution in [1.29, 1.82) is 0 Å². The monoisotopic (exact) mass is 252 g/mol. The Hall–Kier alpha value is -0.0800. The number of likely N-dealkylation sites (tertiary alicyclic amines) is 1. The lowest BCUT2D eigenvalue weighted by Gasteiger charge is -2.41. The molecule has 2 rings (SSSR count). The zero-order valence-corrected chi connectivity index (χ0v) is 12.6. The number of hydrogen-bond donors (Lipinski definition) is 1. The van der Waals surface area contributed by atoms with Crippen LogP contribution in [0.15, 0.2) is 0 Å². The van der Waals surface area contributed by atoms with Crippen LogP contribution >= 0.6 is 0 Å². The van der Waals surface area contributed by atoms with E-state index in [4.69, 9.17) is 0 Å². The van der Waals surface area contributed by atoms with Crippen LogP contribution in [0, 0.1) is 17.8 Å². The van der Waals surface area contributed by atoms with E-state index in [1.54, 1.807) is 0 Å². The summed E-state index contributed by atoms with van der Waals surface area (Å²) in [5.74, 6) is 2.78. The third-order valence-electron chi connectivity index (χ3n) is 5.24. The van der Waals surface area contributed by atoms with Crippen LogP contribution in [-0.2, 0) is 0 Å². The molecule has 2 aliphatic heterocycles. The van der Waals surface area contributed by atoms with Crippen LogP contribution in [-0.4, -0.2) is 37.1 Å². The molecule has 3 atom stereocenters. The molecule has 0 aliphatic carbocycles. The van der Waals surface area contributed by atoms with Crippen LogP contribution in [0.2, 0.25) is 0 Å². The lowest BCUT2D eigenvalue weighted by molar-refractivity contribution is 0.0764. The Morgan fingerprint density at radius 3 is 2.56 bits per heavy atom. The predicted molar refractivity (Wildman–Crippen MR) is 78.8 cm³/mol. The van der Waals surface area contributed by atoms with Crippen molar-refractivity contribution in [2.24, 2.45) is 17.8 Å². The second-order valence-corrected chi connectivity index (χ2v) is 6.89. The number of nitrogens with one attached hydrogen (secondary N) is 1. The Balaban J connectivity index is 1.68. The molecule has 2 heterocycles. The summed E-state index contributed by atoms with van der Waals surface area (Å²) in [4.78, 5) is 2.75. The summed E-state index contributed by atoms with van der Waals surface area (Å²) in [5.41, 5.74) is 0. The molecular formula is C16H32N2. The Labute approximate surface area is 114 Å². The average Bonchev–Trinajstić information content (AvgIpc) is 2.36. The second-order valence-electron chi connectivity index (χ2n) is 6.89. The Bertz CT molecular complexity index is 235. The van der Waals surface area contributed by atoms with Gasteiger partial charge in [0.05, 0.1) is 0 Å². The topological polar surface area (TPSA) is 15.3 Å². The van der Waals surface area contributed by atoms with Gasteiger partial charge in [-0.3, -0.25) is 0 Å². The minimum Gasteiger partial charge on any atom is -0.317 e. The fraction of sp³-hybridized carbons (Fsp3) is 1.00. The summed E-state index contributed by atoms with van der Waals surface area (Å²) >= 11 is 0. The van der Waals surface area contributed by atoms with Crippen molar-refractivity contribution >= 4 is 0 Å². The van der Waals surface area contributed by atoms with E-state index in [1.165, 1.54) is 58.3 Å². The second kappa shape index (κ2) is 6.91. The van der Waals surface area contributed by atoms with Crippen molar-refractivity contribution in [3.8, 4) is 0 Å². The fourth-order valence-electron chi connectivity index (χ4n) is 3.88. The van der Waals surface area contributed by atoms with E-state index in [0.29, 0.717) is 0 Å². The van der Waals surface area contributed by atoms with E-state index in [0.717, 1.165) is 23.8 Å². The molecule has 18 heavy (non-hydrogen) atoms. The van der Waals surface area contributed by atoms with Gasteiger partial charge in [0, 0.05) is 12.6 Å². The fourth-order valence-corrected chi connectivity index (χ4v) is 3.88. The first-order valence-corrected chi connectivity index (χ1v) is 8.11. The van der Waals surface area contributed by atoms with E-state index in [9.17, 15) is 0 Å². The maximum Gasteiger partial charge on any atom is 0.00927 e. The Kier molecular flexibility index (Phi) is 5.50. The lowest BCUT2D eigenvalue weighted by atomic mass is 9.85. The smallest absolute Gasteiger partial charge is 0.00927 e. The number of rotatable bonds is 4. The van der Waals surface area contributed by atoms with Gasteiger partial charge in [0.2, 0.25) is 0 Å². The van der Waals surface area contributed by atoms with Crippen molar-refractivity contribution in [2.45, 2.75) is 58.9 Å². The van der Waals surface area contributed by atoms with Gasteiger partial charge in [0.15, 0.2) is 0 Å². The molecule has 2 heteroatoms. The van der Waals surface area contributed by atoms with Crippen LogP contribution in [0.25, 0.3) is 0 Å². The van der Waals surface area contributed by atoms with Crippen LogP contribution < -0.4 is 5.32 Å². The minimum absolute atomic E-state index is 0.800. The largest absolute Gasteiger partial charge is 0.317 e. The predicted octanol–water partition coefficient (Wildman–Crippen LogP) is 3.13. The van der Waals surface area contributed by atoms with Gasteiger partial charge in [0.1, 0.15) is 0 Å². The molecule has 0 radical (unpaired) electrons. The zero-order chi connectivity index (χ0) is 13.0. The molecule has 2 saturated heterocycles. The molecule has 2 fully saturated rings. The summed E-state index contributed by atoms with van der Waals surface area (Å²) in [6, 6.07) is 0.800. The van der Waals surface area contributed by atoms with Gasteiger partial charge in [-0.2, -0.15) is 0 Å². The van der Waals surface area contributed by atoms with Crippen LogP contribution in [0.3, 0.4) is 0 Å². The van der Waals surface area contributed by atoms with Gasteiger partial charge in [-0.1, -0.05) is 13.8 Å². The van der Waals surface area contributed by atoms with Gasteiger partial charge < -0.3 is 10.2 Å². The molecule has 0 amide bonds. The SMILES string of the molecule is CC1CC(C)C(C)N(CCCC2CCNCC2)C1. The first-order valence-electron chi connectivity index (χ1n) is 8.11. The Morgan fingerprint density at radius 1 is 1.11 bits per heavy atom. The van der Waals surface area contributed by atoms with Crippen molar-refractivity contribution < 1.29 is 0 Å². The summed E-state index contributed by atoms with van der Waals surface area (Å²) in [5, 5.41) is 3.46. The normalized spacial score (nSPS) is 35.8. The number of nitrogens with zero attached hydrogens (tertiary/aromatic N) is 1. The standard InChI is InChI=1S/C16H32N2/c1-13-11-14(2)15(3)18(12-13)10-4-5-16-6-8-17-9-7-16/h13-17H,4-12H2,1-3H3. The van der Waals surface area contributed by atoms with Crippen LogP contribution in [0.1, 0.15) is 52.9 Å². The maximum absolute atomic E-state index is 3.46. The zero-order valence-electron chi connectivity index (χ0n) is 12.6. The molecule has 2 aliphatic rings. The minimum atomic E-state index is 0.800. The van der Waals surface area contributed by atoms with Gasteiger partial charge in [-0.15, -0.1) is 0 Å². The van der Waals surface area contributed by atoms with Crippen molar-refractivity contribution in [2.75, 3.05) is 26.2 Å². The molecule has 1 N–H and O–H groups in total. The lowest BCUT2D eigenvalue weighted by Crippen LogP contribution is -2.46. The highest BCUT2D eigenvalue weighted by Gasteiger charge is 2.28. The van der Waals surface area contributed by atoms with Crippen molar-refractivity contribution in [3.05, 3.63) is 0 Å². The third kappa shape index (κ3) is 3.96. The number of hydrogen-bond acceptors (Lipinski definition) is 2. The first-order chi connectivity index (χ1) is 8.66. The molecule has 2 nitrogen and oxygen atoms in total. The molecule has 0 aromatic carbocycles. The number of piperidine rings is 2. The van der Waals surface area contributed by atoms with Gasteiger partial charge in [0.25, 0.3) is 0 Å². The molecule has 106 valence electrons. The van der Waals surface area contributed by atoms with Crippen LogP contribution in [0.5, 0.6) is 0 Å². The molecule has 0 spiro atoms.